The summed E-state index contributed by atoms with van der Waals surface area (Å²) in [4.78, 5) is 73.1. The molecule has 0 aliphatic heterocycles. The molecule has 0 aromatic carbocycles. The molecule has 0 aliphatic rings. The Balaban J connectivity index is 5.26. The molecule has 0 spiro atoms. The van der Waals surface area contributed by atoms with Gasteiger partial charge in [-0.15, -0.1) is 0 Å². The van der Waals surface area contributed by atoms with Gasteiger partial charge in [0, 0.05) is 25.7 Å². The second kappa shape index (κ2) is 71.3. The summed E-state index contributed by atoms with van der Waals surface area (Å²) < 4.78 is 68.7. The third-order valence-corrected chi connectivity index (χ3v) is 21.5. The molecule has 0 bridgehead atoms. The molecule has 3 N–H and O–H groups in total. The first-order valence-electron chi connectivity index (χ1n) is 41.9. The van der Waals surface area contributed by atoms with E-state index in [9.17, 15) is 43.2 Å². The van der Waals surface area contributed by atoms with E-state index < -0.39 is 97.5 Å². The number of carbonyl (C=O) groups is 4. The maximum absolute atomic E-state index is 13.1. The standard InChI is InChI=1S/C81H158O17P2/c1-8-11-12-13-14-15-16-17-18-19-20-21-22-23-24-27-34-43-50-57-64-80(85)97-76(68-91-78(83)62-55-48-41-33-28-25-26-31-38-45-52-59-72(4)5)70-95-99(87,88)93-66-75(82)67-94-100(89,90)96-71-77(69-92-79(84)63-56-49-42-37-36-40-47-54-61-74(7)10-3)98-81(86)65-58-51-44-35-30-29-32-39-46-53-60-73(6)9-2/h72-77,82H,8-71H2,1-7H3,(H,87,88)(H,89,90)/t73?,74?,75-,76-,77-/m1/s1. The van der Waals surface area contributed by atoms with Crippen molar-refractivity contribution in [3.8, 4) is 0 Å². The van der Waals surface area contributed by atoms with Gasteiger partial charge in [0.05, 0.1) is 26.4 Å². The summed E-state index contributed by atoms with van der Waals surface area (Å²) in [6, 6.07) is 0. The van der Waals surface area contributed by atoms with Crippen molar-refractivity contribution < 1.29 is 80.2 Å². The molecule has 19 heteroatoms. The average Bonchev–Trinajstić information content (AvgIpc) is 0.966. The summed E-state index contributed by atoms with van der Waals surface area (Å²) in [5.74, 6) is 0.240. The van der Waals surface area contributed by atoms with Gasteiger partial charge < -0.3 is 33.8 Å². The SMILES string of the molecule is CCCCCCCCCCCCCCCCCCCCCCC(=O)O[C@H](COC(=O)CCCCCCCCCCCCCC(C)C)COP(=O)(O)OC[C@@H](O)COP(=O)(O)OC[C@@H](COC(=O)CCCCCCCCCCC(C)CC)OC(=O)CCCCCCCCCCCCC(C)CC. The van der Waals surface area contributed by atoms with Crippen molar-refractivity contribution in [3.05, 3.63) is 0 Å². The van der Waals surface area contributed by atoms with Crippen LogP contribution in [-0.4, -0.2) is 96.7 Å². The van der Waals surface area contributed by atoms with Crippen molar-refractivity contribution in [1.82, 2.24) is 0 Å². The zero-order valence-electron chi connectivity index (χ0n) is 65.7. The Morgan fingerprint density at radius 3 is 0.760 bits per heavy atom. The van der Waals surface area contributed by atoms with Gasteiger partial charge >= 0.3 is 39.5 Å². The fourth-order valence-electron chi connectivity index (χ4n) is 12.4. The van der Waals surface area contributed by atoms with Crippen LogP contribution < -0.4 is 0 Å². The second-order valence-corrected chi connectivity index (χ2v) is 33.0. The van der Waals surface area contributed by atoms with Crippen LogP contribution in [0.1, 0.15) is 421 Å². The molecule has 0 aromatic rings. The van der Waals surface area contributed by atoms with Crippen LogP contribution >= 0.6 is 15.6 Å². The topological polar surface area (TPSA) is 237 Å². The average molecular weight is 1470 g/mol. The van der Waals surface area contributed by atoms with Gasteiger partial charge in [-0.3, -0.25) is 37.3 Å². The minimum atomic E-state index is -4.96. The Kier molecular flexibility index (Phi) is 69.9. The number of aliphatic hydroxyl groups is 1. The van der Waals surface area contributed by atoms with Crippen molar-refractivity contribution in [1.29, 1.82) is 0 Å². The predicted octanol–water partition coefficient (Wildman–Crippen LogP) is 24.1. The molecule has 0 amide bonds. The molecule has 0 fully saturated rings. The summed E-state index contributed by atoms with van der Waals surface area (Å²) in [6.45, 7) is 12.0. The number of hydrogen-bond donors (Lipinski definition) is 3. The van der Waals surface area contributed by atoms with E-state index in [2.05, 4.69) is 48.5 Å². The number of unbranched alkanes of at least 4 members (excludes halogenated alkanes) is 45. The minimum absolute atomic E-state index is 0.106. The fourth-order valence-corrected chi connectivity index (χ4v) is 14.0. The third kappa shape index (κ3) is 71.7. The molecule has 0 rings (SSSR count). The second-order valence-electron chi connectivity index (χ2n) is 30.1. The largest absolute Gasteiger partial charge is 0.472 e. The molecule has 0 radical (unpaired) electrons. The van der Waals surface area contributed by atoms with Crippen molar-refractivity contribution in [2.75, 3.05) is 39.6 Å². The van der Waals surface area contributed by atoms with Crippen LogP contribution in [0.5, 0.6) is 0 Å². The Morgan fingerprint density at radius 2 is 0.510 bits per heavy atom. The number of esters is 4. The van der Waals surface area contributed by atoms with Crippen LogP contribution in [-0.2, 0) is 65.4 Å². The van der Waals surface area contributed by atoms with Crippen molar-refractivity contribution in [2.45, 2.75) is 439 Å². The number of phosphoric ester groups is 2. The maximum atomic E-state index is 13.1. The van der Waals surface area contributed by atoms with Gasteiger partial charge in [0.2, 0.25) is 0 Å². The molecule has 4 unspecified atom stereocenters. The summed E-state index contributed by atoms with van der Waals surface area (Å²) in [7, 11) is -9.92. The van der Waals surface area contributed by atoms with Gasteiger partial charge in [-0.2, -0.15) is 0 Å². The van der Waals surface area contributed by atoms with E-state index in [-0.39, 0.29) is 25.7 Å². The third-order valence-electron chi connectivity index (χ3n) is 19.6. The first kappa shape index (κ1) is 98.1. The molecule has 17 nitrogen and oxygen atoms in total. The van der Waals surface area contributed by atoms with Gasteiger partial charge in [-0.1, -0.05) is 370 Å². The zero-order valence-corrected chi connectivity index (χ0v) is 67.5. The molecule has 0 saturated heterocycles. The summed E-state index contributed by atoms with van der Waals surface area (Å²) >= 11 is 0. The fraction of sp³-hybridized carbons (Fsp3) is 0.951. The van der Waals surface area contributed by atoms with Crippen LogP contribution in [0.4, 0.5) is 0 Å². The highest BCUT2D eigenvalue weighted by Gasteiger charge is 2.30. The molecule has 0 aliphatic carbocycles. The lowest BCUT2D eigenvalue weighted by molar-refractivity contribution is -0.161. The van der Waals surface area contributed by atoms with Crippen LogP contribution in [0, 0.1) is 17.8 Å². The van der Waals surface area contributed by atoms with Crippen molar-refractivity contribution in [3.63, 3.8) is 0 Å². The van der Waals surface area contributed by atoms with Gasteiger partial charge in [0.1, 0.15) is 19.3 Å². The normalized spacial score (nSPS) is 14.5. The molecule has 0 saturated carbocycles. The van der Waals surface area contributed by atoms with Crippen molar-refractivity contribution in [2.24, 2.45) is 17.8 Å². The molecule has 100 heavy (non-hydrogen) atoms. The van der Waals surface area contributed by atoms with E-state index in [1.165, 1.54) is 231 Å². The summed E-state index contributed by atoms with van der Waals surface area (Å²) in [5, 5.41) is 10.6. The van der Waals surface area contributed by atoms with E-state index in [1.54, 1.807) is 0 Å². The Bertz CT molecular complexity index is 1940. The maximum Gasteiger partial charge on any atom is 0.472 e. The molecular formula is C81H158O17P2. The lowest BCUT2D eigenvalue weighted by Crippen LogP contribution is -2.30. The van der Waals surface area contributed by atoms with Gasteiger partial charge in [0.15, 0.2) is 12.2 Å². The lowest BCUT2D eigenvalue weighted by Gasteiger charge is -2.21. The summed E-state index contributed by atoms with van der Waals surface area (Å²) in [5.41, 5.74) is 0. The van der Waals surface area contributed by atoms with E-state index in [1.807, 2.05) is 0 Å². The minimum Gasteiger partial charge on any atom is -0.462 e. The number of phosphoric acid groups is 2. The summed E-state index contributed by atoms with van der Waals surface area (Å²) in [6.07, 6.45) is 59.5. The Morgan fingerprint density at radius 1 is 0.290 bits per heavy atom. The van der Waals surface area contributed by atoms with E-state index in [0.717, 1.165) is 108 Å². The number of hydrogen-bond acceptors (Lipinski definition) is 15. The number of carbonyl (C=O) groups excluding carboxylic acids is 4. The highest BCUT2D eigenvalue weighted by Crippen LogP contribution is 2.45. The van der Waals surface area contributed by atoms with Gasteiger partial charge in [0.25, 0.3) is 0 Å². The quantitative estimate of drug-likeness (QED) is 0.0222. The first-order valence-corrected chi connectivity index (χ1v) is 44.9. The number of aliphatic hydroxyl groups excluding tert-OH is 1. The number of ether oxygens (including phenoxy) is 4. The van der Waals surface area contributed by atoms with Crippen LogP contribution in [0.25, 0.3) is 0 Å². The highest BCUT2D eigenvalue weighted by molar-refractivity contribution is 7.47. The predicted molar refractivity (Wildman–Crippen MR) is 409 cm³/mol. The van der Waals surface area contributed by atoms with Crippen LogP contribution in [0.3, 0.4) is 0 Å². The zero-order chi connectivity index (χ0) is 73.7. The lowest BCUT2D eigenvalue weighted by atomic mass is 9.99. The van der Waals surface area contributed by atoms with Crippen LogP contribution in [0.2, 0.25) is 0 Å². The molecule has 594 valence electrons. The van der Waals surface area contributed by atoms with Gasteiger partial charge in [-0.05, 0) is 43.4 Å². The smallest absolute Gasteiger partial charge is 0.462 e. The van der Waals surface area contributed by atoms with E-state index in [0.29, 0.717) is 25.7 Å². The Labute approximate surface area is 613 Å². The van der Waals surface area contributed by atoms with Crippen molar-refractivity contribution >= 4 is 39.5 Å². The molecule has 7 atom stereocenters. The molecule has 0 heterocycles. The van der Waals surface area contributed by atoms with Crippen LogP contribution in [0.15, 0.2) is 0 Å². The van der Waals surface area contributed by atoms with E-state index >= 15 is 0 Å². The molecular weight excluding hydrogens is 1310 g/mol. The molecule has 0 aromatic heterocycles. The number of rotatable bonds is 79. The monoisotopic (exact) mass is 1470 g/mol. The van der Waals surface area contributed by atoms with Gasteiger partial charge in [-0.25, -0.2) is 9.13 Å². The Hall–Kier alpha value is -1.94. The first-order chi connectivity index (χ1) is 48.3. The highest BCUT2D eigenvalue weighted by atomic mass is 31.2. The van der Waals surface area contributed by atoms with E-state index in [4.69, 9.17) is 37.0 Å².